The number of aromatic nitrogens is 3. The van der Waals surface area contributed by atoms with Gasteiger partial charge in [-0.1, -0.05) is 0 Å². The first-order chi connectivity index (χ1) is 10.3. The van der Waals surface area contributed by atoms with Crippen molar-refractivity contribution in [3.8, 4) is 5.00 Å². The summed E-state index contributed by atoms with van der Waals surface area (Å²) < 4.78 is 7.73. The molecule has 4 heterocycles. The first-order valence-electron chi connectivity index (χ1n) is 7.31. The Morgan fingerprint density at radius 2 is 2.10 bits per heavy atom. The Labute approximate surface area is 127 Å². The van der Waals surface area contributed by atoms with Gasteiger partial charge >= 0.3 is 0 Å². The van der Waals surface area contributed by atoms with Crippen LogP contribution in [0.1, 0.15) is 29.5 Å². The SMILES string of the molecule is Cc1ccc(-n2c(C3CCOCC3)nc3cccnc32)s1. The highest BCUT2D eigenvalue weighted by Gasteiger charge is 2.24. The fourth-order valence-electron chi connectivity index (χ4n) is 2.92. The smallest absolute Gasteiger partial charge is 0.165 e. The van der Waals surface area contributed by atoms with E-state index in [4.69, 9.17) is 9.72 Å². The standard InChI is InChI=1S/C16H17N3OS/c1-11-4-5-14(21-11)19-15(12-6-9-20-10-7-12)18-13-3-2-8-17-16(13)19/h2-5,8,12H,6-7,9-10H2,1H3. The second-order valence-corrected chi connectivity index (χ2v) is 6.69. The first-order valence-corrected chi connectivity index (χ1v) is 8.12. The lowest BCUT2D eigenvalue weighted by molar-refractivity contribution is 0.0834. The van der Waals surface area contributed by atoms with Crippen molar-refractivity contribution < 1.29 is 4.74 Å². The van der Waals surface area contributed by atoms with E-state index in [1.54, 1.807) is 11.3 Å². The normalized spacial score (nSPS) is 16.6. The molecule has 1 fully saturated rings. The summed E-state index contributed by atoms with van der Waals surface area (Å²) in [4.78, 5) is 10.7. The maximum absolute atomic E-state index is 5.49. The van der Waals surface area contributed by atoms with E-state index < -0.39 is 0 Å². The third-order valence-corrected chi connectivity index (χ3v) is 4.96. The van der Waals surface area contributed by atoms with Crippen molar-refractivity contribution in [2.45, 2.75) is 25.7 Å². The van der Waals surface area contributed by atoms with Crippen molar-refractivity contribution in [1.82, 2.24) is 14.5 Å². The Balaban J connectivity index is 1.92. The number of thiophene rings is 1. The van der Waals surface area contributed by atoms with Gasteiger partial charge in [-0.05, 0) is 44.0 Å². The fraction of sp³-hybridized carbons (Fsp3) is 0.375. The Morgan fingerprint density at radius 1 is 1.24 bits per heavy atom. The molecule has 3 aromatic rings. The minimum atomic E-state index is 0.454. The van der Waals surface area contributed by atoms with E-state index in [-0.39, 0.29) is 0 Å². The van der Waals surface area contributed by atoms with Crippen LogP contribution >= 0.6 is 11.3 Å². The molecule has 5 heteroatoms. The Hall–Kier alpha value is -1.72. The lowest BCUT2D eigenvalue weighted by atomic mass is 9.99. The number of imidazole rings is 1. The molecule has 4 nitrogen and oxygen atoms in total. The zero-order chi connectivity index (χ0) is 14.2. The van der Waals surface area contributed by atoms with Crippen molar-refractivity contribution in [2.24, 2.45) is 0 Å². The van der Waals surface area contributed by atoms with Gasteiger partial charge < -0.3 is 4.74 Å². The summed E-state index contributed by atoms with van der Waals surface area (Å²) >= 11 is 1.79. The summed E-state index contributed by atoms with van der Waals surface area (Å²) in [7, 11) is 0. The molecule has 3 aromatic heterocycles. The van der Waals surface area contributed by atoms with E-state index in [9.17, 15) is 0 Å². The van der Waals surface area contributed by atoms with Gasteiger partial charge in [0.25, 0.3) is 0 Å². The highest BCUT2D eigenvalue weighted by Crippen LogP contribution is 2.33. The molecule has 1 aliphatic rings. The van der Waals surface area contributed by atoms with E-state index in [0.29, 0.717) is 5.92 Å². The molecule has 0 radical (unpaired) electrons. The van der Waals surface area contributed by atoms with E-state index in [1.165, 1.54) is 9.88 Å². The molecule has 0 aromatic carbocycles. The number of rotatable bonds is 2. The summed E-state index contributed by atoms with van der Waals surface area (Å²) in [5.74, 6) is 1.59. The maximum Gasteiger partial charge on any atom is 0.165 e. The van der Waals surface area contributed by atoms with Crippen molar-refractivity contribution in [3.63, 3.8) is 0 Å². The summed E-state index contributed by atoms with van der Waals surface area (Å²) in [5, 5.41) is 1.20. The largest absolute Gasteiger partial charge is 0.381 e. The predicted octanol–water partition coefficient (Wildman–Crippen LogP) is 3.68. The van der Waals surface area contributed by atoms with E-state index >= 15 is 0 Å². The zero-order valence-electron chi connectivity index (χ0n) is 12.0. The monoisotopic (exact) mass is 299 g/mol. The number of fused-ring (bicyclic) bond motifs is 1. The quantitative estimate of drug-likeness (QED) is 0.724. The second kappa shape index (κ2) is 5.24. The third kappa shape index (κ3) is 2.26. The van der Waals surface area contributed by atoms with Crippen LogP contribution in [0, 0.1) is 6.92 Å². The van der Waals surface area contributed by atoms with Crippen molar-refractivity contribution >= 4 is 22.5 Å². The van der Waals surface area contributed by atoms with E-state index in [1.807, 2.05) is 18.3 Å². The van der Waals surface area contributed by atoms with Gasteiger partial charge in [-0.3, -0.25) is 4.57 Å². The summed E-state index contributed by atoms with van der Waals surface area (Å²) in [6, 6.07) is 8.32. The van der Waals surface area contributed by atoms with Crippen molar-refractivity contribution in [1.29, 1.82) is 0 Å². The molecule has 0 N–H and O–H groups in total. The highest BCUT2D eigenvalue weighted by molar-refractivity contribution is 7.14. The summed E-state index contributed by atoms with van der Waals surface area (Å²) in [6.45, 7) is 3.78. The zero-order valence-corrected chi connectivity index (χ0v) is 12.8. The molecule has 108 valence electrons. The number of pyridine rings is 1. The van der Waals surface area contributed by atoms with Gasteiger partial charge in [-0.2, -0.15) is 0 Å². The van der Waals surface area contributed by atoms with Gasteiger partial charge in [-0.15, -0.1) is 11.3 Å². The third-order valence-electron chi connectivity index (χ3n) is 3.97. The number of hydrogen-bond acceptors (Lipinski definition) is 4. The summed E-state index contributed by atoms with van der Waals surface area (Å²) in [5.41, 5.74) is 1.94. The highest BCUT2D eigenvalue weighted by atomic mass is 32.1. The van der Waals surface area contributed by atoms with Gasteiger partial charge in [0, 0.05) is 30.2 Å². The topological polar surface area (TPSA) is 39.9 Å². The molecule has 0 atom stereocenters. The van der Waals surface area contributed by atoms with Crippen LogP contribution in [0.15, 0.2) is 30.5 Å². The van der Waals surface area contributed by atoms with Crippen LogP contribution in [0.2, 0.25) is 0 Å². The molecular formula is C16H17N3OS. The van der Waals surface area contributed by atoms with Crippen LogP contribution < -0.4 is 0 Å². The average molecular weight is 299 g/mol. The molecular weight excluding hydrogens is 282 g/mol. The lowest BCUT2D eigenvalue weighted by Gasteiger charge is -2.22. The number of ether oxygens (including phenoxy) is 1. The molecule has 4 rings (SSSR count). The van der Waals surface area contributed by atoms with Crippen LogP contribution in [0.5, 0.6) is 0 Å². The minimum absolute atomic E-state index is 0.454. The molecule has 0 unspecified atom stereocenters. The lowest BCUT2D eigenvalue weighted by Crippen LogP contribution is -2.17. The fourth-order valence-corrected chi connectivity index (χ4v) is 3.79. The van der Waals surface area contributed by atoms with Gasteiger partial charge in [0.05, 0.1) is 0 Å². The Kier molecular flexibility index (Phi) is 3.24. The number of hydrogen-bond donors (Lipinski definition) is 0. The molecule has 21 heavy (non-hydrogen) atoms. The molecule has 0 bridgehead atoms. The van der Waals surface area contributed by atoms with Crippen LogP contribution in [0.3, 0.4) is 0 Å². The second-order valence-electron chi connectivity index (χ2n) is 5.42. The molecule has 0 aliphatic carbocycles. The first kappa shape index (κ1) is 13.0. The average Bonchev–Trinajstić information content (AvgIpc) is 3.11. The molecule has 1 saturated heterocycles. The Morgan fingerprint density at radius 3 is 2.86 bits per heavy atom. The molecule has 0 amide bonds. The number of nitrogens with zero attached hydrogens (tertiary/aromatic N) is 3. The van der Waals surface area contributed by atoms with Gasteiger partial charge in [0.1, 0.15) is 16.3 Å². The molecule has 1 aliphatic heterocycles. The molecule has 0 saturated carbocycles. The van der Waals surface area contributed by atoms with Crippen LogP contribution in [0.4, 0.5) is 0 Å². The Bertz CT molecular complexity index is 771. The van der Waals surface area contributed by atoms with Crippen LogP contribution in [-0.2, 0) is 4.74 Å². The van der Waals surface area contributed by atoms with Gasteiger partial charge in [-0.25, -0.2) is 9.97 Å². The van der Waals surface area contributed by atoms with Gasteiger partial charge in [0.2, 0.25) is 0 Å². The summed E-state index contributed by atoms with van der Waals surface area (Å²) in [6.07, 6.45) is 3.91. The van der Waals surface area contributed by atoms with E-state index in [2.05, 4.69) is 28.6 Å². The number of aryl methyl sites for hydroxylation is 1. The van der Waals surface area contributed by atoms with Crippen molar-refractivity contribution in [3.05, 3.63) is 41.2 Å². The van der Waals surface area contributed by atoms with Crippen LogP contribution in [-0.4, -0.2) is 27.7 Å². The minimum Gasteiger partial charge on any atom is -0.381 e. The molecule has 0 spiro atoms. The maximum atomic E-state index is 5.49. The van der Waals surface area contributed by atoms with Crippen molar-refractivity contribution in [2.75, 3.05) is 13.2 Å². The van der Waals surface area contributed by atoms with Crippen LogP contribution in [0.25, 0.3) is 16.2 Å². The van der Waals surface area contributed by atoms with E-state index in [0.717, 1.165) is 43.0 Å². The van der Waals surface area contributed by atoms with Gasteiger partial charge in [0.15, 0.2) is 5.65 Å². The predicted molar refractivity (Wildman–Crippen MR) is 84.3 cm³/mol.